The van der Waals surface area contributed by atoms with Crippen LogP contribution in [0.5, 0.6) is 0 Å². The first kappa shape index (κ1) is 83.9. The number of alkyl halides is 9. The maximum Gasteiger partial charge on any atom is 0.421 e. The number of nitrogens with one attached hydrogen (secondary N) is 1. The minimum Gasteiger partial charge on any atom is -0.376 e. The van der Waals surface area contributed by atoms with Crippen molar-refractivity contribution in [2.45, 2.75) is 276 Å². The Morgan fingerprint density at radius 2 is 0.571 bits per heavy atom. The van der Waals surface area contributed by atoms with Crippen LogP contribution in [-0.4, -0.2) is 169 Å². The fraction of sp³-hybridized carbons (Fsp3) is 0.556. The van der Waals surface area contributed by atoms with Gasteiger partial charge in [0.25, 0.3) is 17.7 Å². The first-order valence-corrected chi connectivity index (χ1v) is 40.9. The number of hydrogen-bond acceptors (Lipinski definition) is 10. The molecule has 3 aliphatic heterocycles. The van der Waals surface area contributed by atoms with E-state index in [4.69, 9.17) is 0 Å². The van der Waals surface area contributed by atoms with Gasteiger partial charge in [0.05, 0.1) is 0 Å². The highest BCUT2D eigenvalue weighted by Gasteiger charge is 2.54. The highest BCUT2D eigenvalue weighted by atomic mass is 19.4. The van der Waals surface area contributed by atoms with Crippen LogP contribution in [0.15, 0.2) is 164 Å². The van der Waals surface area contributed by atoms with Gasteiger partial charge in [-0.2, -0.15) is 39.5 Å². The molecular formula is C90H111F9N6O7. The number of piperidine rings is 3. The quantitative estimate of drug-likeness (QED) is 0.0648. The molecule has 0 radical (unpaired) electrons. The van der Waals surface area contributed by atoms with E-state index in [1.54, 1.807) is 0 Å². The number of carbonyl (C=O) groups excluding carboxylic acids is 4. The molecule has 3 amide bonds. The van der Waals surface area contributed by atoms with Crippen molar-refractivity contribution in [2.24, 2.45) is 0 Å². The van der Waals surface area contributed by atoms with Crippen LogP contribution in [0, 0.1) is 0 Å². The molecule has 22 heteroatoms. The summed E-state index contributed by atoms with van der Waals surface area (Å²) in [5, 5.41) is 32.9. The third-order valence-electron chi connectivity index (χ3n) is 25.5. The number of likely N-dealkylation sites (tertiary alicyclic amines) is 2. The van der Waals surface area contributed by atoms with Crippen molar-refractivity contribution in [1.29, 1.82) is 0 Å². The zero-order valence-electron chi connectivity index (χ0n) is 64.8. The zero-order chi connectivity index (χ0) is 79.8. The van der Waals surface area contributed by atoms with E-state index < -0.39 is 35.3 Å². The molecule has 3 heterocycles. The lowest BCUT2D eigenvalue weighted by Gasteiger charge is -2.43. The first-order valence-electron chi connectivity index (χ1n) is 40.9. The van der Waals surface area contributed by atoms with Crippen LogP contribution in [0.1, 0.15) is 257 Å². The Bertz CT molecular complexity index is 3820. The highest BCUT2D eigenvalue weighted by Crippen LogP contribution is 2.45. The van der Waals surface area contributed by atoms with E-state index >= 15 is 0 Å². The monoisotopic (exact) mass is 1560 g/mol. The number of hydrogen-bond donors (Lipinski definition) is 4. The Morgan fingerprint density at radius 1 is 0.330 bits per heavy atom. The third kappa shape index (κ3) is 20.6. The van der Waals surface area contributed by atoms with Crippen molar-refractivity contribution in [3.63, 3.8) is 0 Å². The molecule has 112 heavy (non-hydrogen) atoms. The third-order valence-corrected chi connectivity index (χ3v) is 25.5. The number of ketones is 1. The van der Waals surface area contributed by atoms with E-state index in [-0.39, 0.29) is 70.7 Å². The van der Waals surface area contributed by atoms with Crippen molar-refractivity contribution in [2.75, 3.05) is 39.3 Å². The van der Waals surface area contributed by atoms with Crippen molar-refractivity contribution >= 4 is 23.5 Å². The normalized spacial score (nSPS) is 23.8. The predicted octanol–water partition coefficient (Wildman–Crippen LogP) is 18.2. The van der Waals surface area contributed by atoms with E-state index in [9.17, 15) is 74.0 Å². The van der Waals surface area contributed by atoms with E-state index in [0.29, 0.717) is 52.3 Å². The average Bonchev–Trinajstić information content (AvgIpc) is 1.54. The molecule has 6 aliphatic carbocycles. The smallest absolute Gasteiger partial charge is 0.376 e. The summed E-state index contributed by atoms with van der Waals surface area (Å²) in [5.74, 6) is 2.03. The Hall–Kier alpha value is -7.47. The molecule has 3 atom stereocenters. The van der Waals surface area contributed by atoms with Crippen LogP contribution in [0.3, 0.4) is 0 Å². The van der Waals surface area contributed by atoms with Gasteiger partial charge in [0.2, 0.25) is 0 Å². The highest BCUT2D eigenvalue weighted by molar-refractivity contribution is 5.96. The summed E-state index contributed by atoms with van der Waals surface area (Å²) in [5.41, 5.74) is -4.17. The molecule has 0 spiro atoms. The molecule has 6 aromatic carbocycles. The molecule has 9 aliphatic rings. The van der Waals surface area contributed by atoms with Crippen molar-refractivity contribution in [1.82, 2.24) is 29.8 Å². The van der Waals surface area contributed by atoms with Crippen LogP contribution < -0.4 is 5.32 Å². The molecule has 6 saturated carbocycles. The summed E-state index contributed by atoms with van der Waals surface area (Å²) in [6.07, 6.45) is 10.4. The van der Waals surface area contributed by atoms with Crippen LogP contribution in [0.2, 0.25) is 0 Å². The molecule has 3 saturated heterocycles. The Morgan fingerprint density at radius 3 is 0.821 bits per heavy atom. The summed E-state index contributed by atoms with van der Waals surface area (Å²) in [6, 6.07) is 50.3. The standard InChI is InChI=1S/2C30H37F3N2O2.C18H23F3N2O2.C12H14O/c2*1-29(37,30(31,32)33)24-11-7-23(8-12-24)28(36)35(26-15-16-26)27-17-19-34(20-18-27)25-13-9-22(10-14-25)21-5-3-2-4-6-21;1-17(25,18(19,20)21)13-4-2-12(3-5-13)16(24)23(14-6-7-14)15-8-10-22-11-9-15;13-12-8-6-11(7-9-12)10-4-2-1-3-5-10/h2*2-8,11-12,22,25-27,37H,9-10,13-20H2,1H3;2-5,14-15,22,25H,6-11H2,1H3;1-5,11H,6-9H2/t2*22?,25?,29-;17-;/m000./s1. The number of aliphatic hydroxyl groups is 3. The maximum atomic E-state index is 13.5. The van der Waals surface area contributed by atoms with Gasteiger partial charge in [-0.15, -0.1) is 0 Å². The Kier molecular flexibility index (Phi) is 27.1. The Balaban J connectivity index is 0.000000146. The van der Waals surface area contributed by atoms with E-state index in [0.717, 1.165) is 163 Å². The molecule has 13 nitrogen and oxygen atoms in total. The molecule has 0 unspecified atom stereocenters. The number of benzene rings is 6. The van der Waals surface area contributed by atoms with Crippen molar-refractivity contribution < 1.29 is 74.0 Å². The van der Waals surface area contributed by atoms with Crippen molar-refractivity contribution in [3.05, 3.63) is 214 Å². The van der Waals surface area contributed by atoms with Crippen molar-refractivity contribution in [3.8, 4) is 0 Å². The number of nitrogens with zero attached hydrogens (tertiary/aromatic N) is 5. The van der Waals surface area contributed by atoms with Gasteiger partial charge in [0.15, 0.2) is 16.8 Å². The lowest BCUT2D eigenvalue weighted by Crippen LogP contribution is -2.51. The van der Waals surface area contributed by atoms with E-state index in [1.807, 2.05) is 20.8 Å². The lowest BCUT2D eigenvalue weighted by molar-refractivity contribution is -0.259. The van der Waals surface area contributed by atoms with Gasteiger partial charge in [-0.3, -0.25) is 19.2 Å². The summed E-state index contributed by atoms with van der Waals surface area (Å²) in [7, 11) is 0. The summed E-state index contributed by atoms with van der Waals surface area (Å²) < 4.78 is 118. The number of amides is 3. The Labute approximate surface area is 653 Å². The van der Waals surface area contributed by atoms with Gasteiger partial charge < -0.3 is 45.1 Å². The lowest BCUT2D eigenvalue weighted by atomic mass is 9.81. The first-order chi connectivity index (χ1) is 53.4. The van der Waals surface area contributed by atoms with E-state index in [2.05, 4.69) is 100 Å². The number of Topliss-reactive ketones (excluding diaryl/α,β-unsaturated/α-hetero) is 1. The molecule has 606 valence electrons. The van der Waals surface area contributed by atoms with Crippen LogP contribution >= 0.6 is 0 Å². The molecule has 4 N–H and O–H groups in total. The minimum absolute atomic E-state index is 0.109. The zero-order valence-corrected chi connectivity index (χ0v) is 64.8. The predicted molar refractivity (Wildman–Crippen MR) is 414 cm³/mol. The minimum atomic E-state index is -4.78. The van der Waals surface area contributed by atoms with Crippen LogP contribution in [0.25, 0.3) is 0 Å². The summed E-state index contributed by atoms with van der Waals surface area (Å²) in [6.45, 7) is 7.86. The van der Waals surface area contributed by atoms with Crippen LogP contribution in [0.4, 0.5) is 39.5 Å². The van der Waals surface area contributed by atoms with E-state index in [1.165, 1.54) is 141 Å². The maximum absolute atomic E-state index is 13.5. The SMILES string of the molecule is C[C@](O)(c1ccc(C(=O)N(C2CC2)C2CCN(C3CCC(c4ccccc4)CC3)CC2)cc1)C(F)(F)F.C[C@](O)(c1ccc(C(=O)N(C2CC2)C2CCN(C3CCC(c4ccccc4)CC3)CC2)cc1)C(F)(F)F.C[C@](O)(c1ccc(C(=O)N(C2CCNCC2)C2CC2)cc1)C(F)(F)F.O=C1CCC(c2ccccc2)CC1. The number of carbonyl (C=O) groups is 4. The van der Waals surface area contributed by atoms with Gasteiger partial charge in [-0.25, -0.2) is 0 Å². The second-order valence-electron chi connectivity index (χ2n) is 33.3. The number of rotatable bonds is 17. The fourth-order valence-electron chi connectivity index (χ4n) is 17.8. The van der Waals surface area contributed by atoms with Gasteiger partial charge in [-0.1, -0.05) is 127 Å². The molecule has 6 aromatic rings. The van der Waals surface area contributed by atoms with Crippen LogP contribution in [-0.2, 0) is 21.6 Å². The molecular weight excluding hydrogens is 1450 g/mol. The summed E-state index contributed by atoms with van der Waals surface area (Å²) >= 11 is 0. The van der Waals surface area contributed by atoms with Gasteiger partial charge in [0, 0.05) is 104 Å². The largest absolute Gasteiger partial charge is 0.421 e. The van der Waals surface area contributed by atoms with Gasteiger partial charge in [0.1, 0.15) is 5.78 Å². The average molecular weight is 1560 g/mol. The number of halogens is 9. The molecule has 15 rings (SSSR count). The topological polar surface area (TPSA) is 157 Å². The molecule has 0 bridgehead atoms. The van der Waals surface area contributed by atoms with Gasteiger partial charge in [-0.05, 0) is 263 Å². The molecule has 0 aromatic heterocycles. The van der Waals surface area contributed by atoms with Gasteiger partial charge >= 0.3 is 18.5 Å². The summed E-state index contributed by atoms with van der Waals surface area (Å²) in [4.78, 5) is 62.0. The molecule has 9 fully saturated rings. The second-order valence-corrected chi connectivity index (χ2v) is 33.3. The second kappa shape index (κ2) is 36.1. The fourth-order valence-corrected chi connectivity index (χ4v) is 17.8.